The van der Waals surface area contributed by atoms with Gasteiger partial charge in [-0.25, -0.2) is 0 Å². The Bertz CT molecular complexity index is 786. The van der Waals surface area contributed by atoms with E-state index in [2.05, 4.69) is 24.3 Å². The zero-order chi connectivity index (χ0) is 24.7. The van der Waals surface area contributed by atoms with Gasteiger partial charge in [0.15, 0.2) is 6.29 Å². The van der Waals surface area contributed by atoms with E-state index in [1.54, 1.807) is 0 Å². The fraction of sp³-hybridized carbons (Fsp3) is 0.586. The summed E-state index contributed by atoms with van der Waals surface area (Å²) in [5.74, 6) is 0. The highest BCUT2D eigenvalue weighted by Gasteiger charge is 2.34. The number of aliphatic hydroxyl groups is 1. The third kappa shape index (κ3) is 10.4. The molecule has 0 aliphatic carbocycles. The molecule has 1 aliphatic rings. The molecule has 5 atom stereocenters. The molecular formula is C29H42O6. The van der Waals surface area contributed by atoms with Crippen molar-refractivity contribution in [3.8, 4) is 0 Å². The third-order valence-electron chi connectivity index (χ3n) is 6.29. The number of hydrogen-bond acceptors (Lipinski definition) is 6. The molecule has 0 aromatic heterocycles. The third-order valence-corrected chi connectivity index (χ3v) is 6.29. The van der Waals surface area contributed by atoms with Gasteiger partial charge in [-0.2, -0.15) is 0 Å². The van der Waals surface area contributed by atoms with Crippen LogP contribution in [0.25, 0.3) is 0 Å². The normalized spacial score (nSPS) is 23.6. The van der Waals surface area contributed by atoms with Crippen molar-refractivity contribution in [1.29, 1.82) is 0 Å². The maximum atomic E-state index is 10.8. The highest BCUT2D eigenvalue weighted by molar-refractivity contribution is 5.14. The van der Waals surface area contributed by atoms with Crippen molar-refractivity contribution >= 4 is 0 Å². The SMILES string of the molecule is CCOC(C)OCCC[C@H]1O[C@@H](CCOCc2ccccc2)[C@H](OCc2ccccc2)CC[C@@H]1O. The van der Waals surface area contributed by atoms with Gasteiger partial charge in [0.2, 0.25) is 0 Å². The summed E-state index contributed by atoms with van der Waals surface area (Å²) in [5, 5.41) is 10.8. The van der Waals surface area contributed by atoms with Crippen LogP contribution in [0.3, 0.4) is 0 Å². The molecule has 194 valence electrons. The van der Waals surface area contributed by atoms with Crippen molar-refractivity contribution < 1.29 is 28.8 Å². The predicted molar refractivity (Wildman–Crippen MR) is 136 cm³/mol. The van der Waals surface area contributed by atoms with Crippen LogP contribution in [-0.2, 0) is 36.9 Å². The second-order valence-electron chi connectivity index (χ2n) is 9.06. The molecule has 1 saturated heterocycles. The van der Waals surface area contributed by atoms with Gasteiger partial charge in [0.1, 0.15) is 0 Å². The summed E-state index contributed by atoms with van der Waals surface area (Å²) in [5.41, 5.74) is 2.29. The fourth-order valence-electron chi connectivity index (χ4n) is 4.37. The summed E-state index contributed by atoms with van der Waals surface area (Å²) in [7, 11) is 0. The zero-order valence-corrected chi connectivity index (χ0v) is 21.2. The van der Waals surface area contributed by atoms with Crippen molar-refractivity contribution in [2.75, 3.05) is 19.8 Å². The van der Waals surface area contributed by atoms with E-state index < -0.39 is 6.10 Å². The van der Waals surface area contributed by atoms with E-state index in [9.17, 15) is 5.11 Å². The van der Waals surface area contributed by atoms with Crippen LogP contribution in [0.15, 0.2) is 60.7 Å². The van der Waals surface area contributed by atoms with Crippen molar-refractivity contribution in [1.82, 2.24) is 0 Å². The van der Waals surface area contributed by atoms with E-state index in [0.29, 0.717) is 45.9 Å². The van der Waals surface area contributed by atoms with Crippen LogP contribution >= 0.6 is 0 Å². The lowest BCUT2D eigenvalue weighted by molar-refractivity contribution is -0.138. The maximum absolute atomic E-state index is 10.8. The molecule has 2 aromatic carbocycles. The molecule has 6 heteroatoms. The Hall–Kier alpha value is -1.80. The van der Waals surface area contributed by atoms with E-state index in [0.717, 1.165) is 30.4 Å². The first kappa shape index (κ1) is 27.8. The number of aliphatic hydroxyl groups excluding tert-OH is 1. The largest absolute Gasteiger partial charge is 0.390 e. The highest BCUT2D eigenvalue weighted by atomic mass is 16.7. The van der Waals surface area contributed by atoms with Crippen LogP contribution in [-0.4, -0.2) is 55.6 Å². The first-order valence-electron chi connectivity index (χ1n) is 13.0. The molecule has 2 aromatic rings. The van der Waals surface area contributed by atoms with E-state index in [4.69, 9.17) is 23.7 Å². The van der Waals surface area contributed by atoms with Crippen molar-refractivity contribution in [2.24, 2.45) is 0 Å². The Kier molecular flexibility index (Phi) is 12.7. The van der Waals surface area contributed by atoms with E-state index in [1.165, 1.54) is 0 Å². The average Bonchev–Trinajstić information content (AvgIpc) is 3.03. The first-order chi connectivity index (χ1) is 17.2. The Balaban J connectivity index is 1.53. The smallest absolute Gasteiger partial charge is 0.154 e. The minimum atomic E-state index is -0.516. The Morgan fingerprint density at radius 3 is 2.23 bits per heavy atom. The fourth-order valence-corrected chi connectivity index (χ4v) is 4.37. The molecule has 1 aliphatic heterocycles. The molecule has 1 fully saturated rings. The van der Waals surface area contributed by atoms with Crippen LogP contribution < -0.4 is 0 Å². The number of rotatable bonds is 15. The van der Waals surface area contributed by atoms with Gasteiger partial charge in [0, 0.05) is 19.8 Å². The quantitative estimate of drug-likeness (QED) is 0.273. The molecule has 3 rings (SSSR count). The number of hydrogen-bond donors (Lipinski definition) is 1. The maximum Gasteiger partial charge on any atom is 0.154 e. The van der Waals surface area contributed by atoms with E-state index in [-0.39, 0.29) is 24.6 Å². The molecule has 0 spiro atoms. The Morgan fingerprint density at radius 1 is 0.857 bits per heavy atom. The molecule has 6 nitrogen and oxygen atoms in total. The van der Waals surface area contributed by atoms with Crippen LogP contribution in [0.2, 0.25) is 0 Å². The first-order valence-corrected chi connectivity index (χ1v) is 13.0. The minimum Gasteiger partial charge on any atom is -0.390 e. The van der Waals surface area contributed by atoms with Gasteiger partial charge in [-0.3, -0.25) is 0 Å². The van der Waals surface area contributed by atoms with Crippen molar-refractivity contribution in [3.05, 3.63) is 71.8 Å². The summed E-state index contributed by atoms with van der Waals surface area (Å²) in [6.07, 6.45) is 2.44. The Labute approximate surface area is 210 Å². The number of benzene rings is 2. The molecule has 1 unspecified atom stereocenters. The molecule has 35 heavy (non-hydrogen) atoms. The molecule has 1 N–H and O–H groups in total. The van der Waals surface area contributed by atoms with Crippen LogP contribution in [0, 0.1) is 0 Å². The van der Waals surface area contributed by atoms with Gasteiger partial charge < -0.3 is 28.8 Å². The lowest BCUT2D eigenvalue weighted by Crippen LogP contribution is -2.36. The van der Waals surface area contributed by atoms with Gasteiger partial charge in [0.25, 0.3) is 0 Å². The number of ether oxygens (including phenoxy) is 5. The zero-order valence-electron chi connectivity index (χ0n) is 21.2. The summed E-state index contributed by atoms with van der Waals surface area (Å²) in [4.78, 5) is 0. The summed E-state index contributed by atoms with van der Waals surface area (Å²) >= 11 is 0. The van der Waals surface area contributed by atoms with Gasteiger partial charge in [-0.15, -0.1) is 0 Å². The van der Waals surface area contributed by atoms with Gasteiger partial charge in [-0.1, -0.05) is 60.7 Å². The van der Waals surface area contributed by atoms with E-state index in [1.807, 2.05) is 50.2 Å². The standard InChI is InChI=1S/C29H42O6/c1-3-32-23(2)33-19-10-15-27-26(30)16-17-28(34-22-25-13-8-5-9-14-25)29(35-27)18-20-31-21-24-11-6-4-7-12-24/h4-9,11-14,23,26-30H,3,10,15-22H2,1-2H3/t23?,26-,27+,28+,29-/m0/s1. The van der Waals surface area contributed by atoms with Gasteiger partial charge >= 0.3 is 0 Å². The molecule has 1 heterocycles. The van der Waals surface area contributed by atoms with Gasteiger partial charge in [-0.05, 0) is 57.1 Å². The predicted octanol–water partition coefficient (Wildman–Crippen LogP) is 5.27. The van der Waals surface area contributed by atoms with Crippen molar-refractivity contribution in [2.45, 2.75) is 89.9 Å². The average molecular weight is 487 g/mol. The molecule has 0 saturated carbocycles. The lowest BCUT2D eigenvalue weighted by Gasteiger charge is -2.28. The lowest BCUT2D eigenvalue weighted by atomic mass is 10.0. The topological polar surface area (TPSA) is 66.4 Å². The van der Waals surface area contributed by atoms with Crippen LogP contribution in [0.5, 0.6) is 0 Å². The van der Waals surface area contributed by atoms with Crippen LogP contribution in [0.1, 0.15) is 57.1 Å². The molecular weight excluding hydrogens is 444 g/mol. The van der Waals surface area contributed by atoms with Crippen LogP contribution in [0.4, 0.5) is 0 Å². The monoisotopic (exact) mass is 486 g/mol. The molecule has 0 bridgehead atoms. The van der Waals surface area contributed by atoms with Crippen molar-refractivity contribution in [3.63, 3.8) is 0 Å². The second-order valence-corrected chi connectivity index (χ2v) is 9.06. The highest BCUT2D eigenvalue weighted by Crippen LogP contribution is 2.27. The molecule has 0 radical (unpaired) electrons. The Morgan fingerprint density at radius 2 is 1.54 bits per heavy atom. The minimum absolute atomic E-state index is 0.0931. The van der Waals surface area contributed by atoms with E-state index >= 15 is 0 Å². The summed E-state index contributed by atoms with van der Waals surface area (Å²) < 4.78 is 29.9. The summed E-state index contributed by atoms with van der Waals surface area (Å²) in [6.45, 7) is 6.74. The second kappa shape index (κ2) is 16.0. The van der Waals surface area contributed by atoms with Gasteiger partial charge in [0.05, 0.1) is 37.6 Å². The molecule has 0 amide bonds. The summed E-state index contributed by atoms with van der Waals surface area (Å²) in [6, 6.07) is 20.3.